The SMILES string of the molecule is FC(F)Oc1ccc(CNCC2CC2)nn1. The fraction of sp³-hybridized carbons (Fsp3) is 0.600. The molecule has 1 N–H and O–H groups in total. The Kier molecular flexibility index (Phi) is 3.61. The lowest BCUT2D eigenvalue weighted by atomic mass is 10.3. The van der Waals surface area contributed by atoms with Crippen molar-refractivity contribution in [3.63, 3.8) is 0 Å². The fourth-order valence-corrected chi connectivity index (χ4v) is 1.32. The molecule has 1 aromatic heterocycles. The highest BCUT2D eigenvalue weighted by molar-refractivity contribution is 5.11. The van der Waals surface area contributed by atoms with Crippen molar-refractivity contribution in [2.75, 3.05) is 6.54 Å². The van der Waals surface area contributed by atoms with Gasteiger partial charge in [-0.15, -0.1) is 5.10 Å². The van der Waals surface area contributed by atoms with E-state index in [1.165, 1.54) is 18.9 Å². The van der Waals surface area contributed by atoms with Gasteiger partial charge in [-0.05, 0) is 31.4 Å². The third kappa shape index (κ3) is 3.69. The fourth-order valence-electron chi connectivity index (χ4n) is 1.32. The molecular weight excluding hydrogens is 216 g/mol. The Balaban J connectivity index is 1.76. The van der Waals surface area contributed by atoms with Crippen LogP contribution in [0.15, 0.2) is 12.1 Å². The summed E-state index contributed by atoms with van der Waals surface area (Å²) < 4.78 is 27.7. The van der Waals surface area contributed by atoms with Crippen LogP contribution in [0.1, 0.15) is 18.5 Å². The predicted molar refractivity (Wildman–Crippen MR) is 53.1 cm³/mol. The van der Waals surface area contributed by atoms with E-state index in [1.54, 1.807) is 6.07 Å². The van der Waals surface area contributed by atoms with Crippen LogP contribution in [0, 0.1) is 5.92 Å². The molecule has 0 amide bonds. The van der Waals surface area contributed by atoms with E-state index in [4.69, 9.17) is 0 Å². The van der Waals surface area contributed by atoms with Crippen LogP contribution >= 0.6 is 0 Å². The summed E-state index contributed by atoms with van der Waals surface area (Å²) in [6.45, 7) is -1.26. The van der Waals surface area contributed by atoms with Crippen molar-refractivity contribution in [1.29, 1.82) is 0 Å². The van der Waals surface area contributed by atoms with Crippen molar-refractivity contribution in [3.05, 3.63) is 17.8 Å². The first kappa shape index (κ1) is 11.2. The van der Waals surface area contributed by atoms with Gasteiger partial charge >= 0.3 is 6.61 Å². The third-order valence-electron chi connectivity index (χ3n) is 2.34. The molecule has 88 valence electrons. The highest BCUT2D eigenvalue weighted by Crippen LogP contribution is 2.27. The number of nitrogens with one attached hydrogen (secondary N) is 1. The minimum absolute atomic E-state index is 0.152. The highest BCUT2D eigenvalue weighted by Gasteiger charge is 2.20. The van der Waals surface area contributed by atoms with Gasteiger partial charge in [0.1, 0.15) is 0 Å². The molecule has 6 heteroatoms. The molecule has 4 nitrogen and oxygen atoms in total. The van der Waals surface area contributed by atoms with E-state index in [0.717, 1.165) is 18.2 Å². The Morgan fingerprint density at radius 2 is 2.19 bits per heavy atom. The summed E-state index contributed by atoms with van der Waals surface area (Å²) in [6, 6.07) is 3.03. The largest absolute Gasteiger partial charge is 0.415 e. The van der Waals surface area contributed by atoms with Crippen LogP contribution in [-0.4, -0.2) is 23.4 Å². The minimum atomic E-state index is -2.85. The van der Waals surface area contributed by atoms with E-state index in [0.29, 0.717) is 6.54 Å². The molecule has 0 spiro atoms. The summed E-state index contributed by atoms with van der Waals surface area (Å²) in [5.41, 5.74) is 0.724. The Morgan fingerprint density at radius 1 is 1.38 bits per heavy atom. The summed E-state index contributed by atoms with van der Waals surface area (Å²) in [5, 5.41) is 10.6. The van der Waals surface area contributed by atoms with Gasteiger partial charge in [0.05, 0.1) is 5.69 Å². The van der Waals surface area contributed by atoms with Crippen LogP contribution in [0.3, 0.4) is 0 Å². The summed E-state index contributed by atoms with van der Waals surface area (Å²) in [6.07, 6.45) is 2.58. The van der Waals surface area contributed by atoms with Crippen LogP contribution in [0.4, 0.5) is 8.78 Å². The molecule has 0 aliphatic heterocycles. The first-order valence-corrected chi connectivity index (χ1v) is 5.22. The minimum Gasteiger partial charge on any atom is -0.415 e. The van der Waals surface area contributed by atoms with Gasteiger partial charge < -0.3 is 10.1 Å². The van der Waals surface area contributed by atoms with Gasteiger partial charge in [-0.1, -0.05) is 0 Å². The van der Waals surface area contributed by atoms with Crippen LogP contribution in [0.2, 0.25) is 0 Å². The van der Waals surface area contributed by atoms with Gasteiger partial charge in [-0.25, -0.2) is 0 Å². The second-order valence-corrected chi connectivity index (χ2v) is 3.82. The van der Waals surface area contributed by atoms with E-state index >= 15 is 0 Å². The van der Waals surface area contributed by atoms with Crippen molar-refractivity contribution >= 4 is 0 Å². The topological polar surface area (TPSA) is 47.0 Å². The maximum Gasteiger partial charge on any atom is 0.388 e. The summed E-state index contributed by atoms with van der Waals surface area (Å²) in [7, 11) is 0. The van der Waals surface area contributed by atoms with Crippen molar-refractivity contribution < 1.29 is 13.5 Å². The molecule has 1 saturated carbocycles. The molecule has 0 unspecified atom stereocenters. The smallest absolute Gasteiger partial charge is 0.388 e. The van der Waals surface area contributed by atoms with Crippen LogP contribution in [-0.2, 0) is 6.54 Å². The zero-order chi connectivity index (χ0) is 11.4. The lowest BCUT2D eigenvalue weighted by Crippen LogP contribution is -2.17. The molecule has 16 heavy (non-hydrogen) atoms. The Labute approximate surface area is 92.0 Å². The number of ether oxygens (including phenoxy) is 1. The van der Waals surface area contributed by atoms with Crippen molar-refractivity contribution in [2.24, 2.45) is 5.92 Å². The summed E-state index contributed by atoms with van der Waals surface area (Å²) in [4.78, 5) is 0. The molecule has 0 aromatic carbocycles. The molecule has 1 aliphatic carbocycles. The highest BCUT2D eigenvalue weighted by atomic mass is 19.3. The number of hydrogen-bond acceptors (Lipinski definition) is 4. The Bertz CT molecular complexity index is 327. The number of alkyl halides is 2. The number of nitrogens with zero attached hydrogens (tertiary/aromatic N) is 2. The molecule has 1 fully saturated rings. The number of halogens is 2. The second-order valence-electron chi connectivity index (χ2n) is 3.82. The first-order valence-electron chi connectivity index (χ1n) is 5.22. The van der Waals surface area contributed by atoms with Gasteiger partial charge in [-0.3, -0.25) is 0 Å². The number of hydrogen-bond donors (Lipinski definition) is 1. The Hall–Kier alpha value is -1.30. The molecule has 1 aliphatic rings. The monoisotopic (exact) mass is 229 g/mol. The van der Waals surface area contributed by atoms with Gasteiger partial charge in [0.15, 0.2) is 0 Å². The van der Waals surface area contributed by atoms with Crippen LogP contribution in [0.25, 0.3) is 0 Å². The van der Waals surface area contributed by atoms with Gasteiger partial charge in [0.2, 0.25) is 5.88 Å². The lowest BCUT2D eigenvalue weighted by molar-refractivity contribution is -0.0534. The summed E-state index contributed by atoms with van der Waals surface area (Å²) in [5.74, 6) is 0.648. The van der Waals surface area contributed by atoms with E-state index in [1.807, 2.05) is 0 Å². The lowest BCUT2D eigenvalue weighted by Gasteiger charge is -2.04. The van der Waals surface area contributed by atoms with E-state index < -0.39 is 6.61 Å². The third-order valence-corrected chi connectivity index (χ3v) is 2.34. The van der Waals surface area contributed by atoms with Gasteiger partial charge in [0, 0.05) is 12.6 Å². The van der Waals surface area contributed by atoms with Gasteiger partial charge in [0.25, 0.3) is 0 Å². The average Bonchev–Trinajstić information content (AvgIpc) is 3.04. The second kappa shape index (κ2) is 5.16. The first-order chi connectivity index (χ1) is 7.74. The summed E-state index contributed by atoms with van der Waals surface area (Å²) >= 11 is 0. The van der Waals surface area contributed by atoms with E-state index in [2.05, 4.69) is 20.3 Å². The van der Waals surface area contributed by atoms with E-state index in [9.17, 15) is 8.78 Å². The molecule has 0 atom stereocenters. The van der Waals surface area contributed by atoms with Crippen molar-refractivity contribution in [3.8, 4) is 5.88 Å². The average molecular weight is 229 g/mol. The van der Waals surface area contributed by atoms with E-state index in [-0.39, 0.29) is 5.88 Å². The quantitative estimate of drug-likeness (QED) is 0.804. The van der Waals surface area contributed by atoms with Crippen LogP contribution in [0.5, 0.6) is 5.88 Å². The van der Waals surface area contributed by atoms with Gasteiger partial charge in [-0.2, -0.15) is 13.9 Å². The van der Waals surface area contributed by atoms with Crippen LogP contribution < -0.4 is 10.1 Å². The normalized spacial score (nSPS) is 15.4. The molecule has 1 aromatic rings. The molecule has 1 heterocycles. The Morgan fingerprint density at radius 3 is 2.75 bits per heavy atom. The molecule has 0 bridgehead atoms. The standard InChI is InChI=1S/C10H13F2N3O/c11-10(12)16-9-4-3-8(14-15-9)6-13-5-7-1-2-7/h3-4,7,10,13H,1-2,5-6H2. The maximum absolute atomic E-state index is 11.8. The van der Waals surface area contributed by atoms with Crippen molar-refractivity contribution in [2.45, 2.75) is 26.0 Å². The number of rotatable bonds is 6. The molecular formula is C10H13F2N3O. The molecule has 0 saturated heterocycles. The zero-order valence-corrected chi connectivity index (χ0v) is 8.70. The predicted octanol–water partition coefficient (Wildman–Crippen LogP) is 1.58. The maximum atomic E-state index is 11.8. The molecule has 2 rings (SSSR count). The van der Waals surface area contributed by atoms with Crippen molar-refractivity contribution in [1.82, 2.24) is 15.5 Å². The zero-order valence-electron chi connectivity index (χ0n) is 8.70. The molecule has 0 radical (unpaired) electrons. The number of aromatic nitrogens is 2.